The maximum atomic E-state index is 7.84. The standard InChI is InChI=1S/C10H11BrN4/c1-6(2)15-10-8(9(11)14-15)7(12)4-3-5-13-10/h4-6,12-13H,1-2H3. The molecule has 0 aromatic carbocycles. The van der Waals surface area contributed by atoms with Crippen LogP contribution in [0.3, 0.4) is 0 Å². The van der Waals surface area contributed by atoms with Gasteiger partial charge in [-0.15, -0.1) is 5.73 Å². The highest BCUT2D eigenvalue weighted by Crippen LogP contribution is 2.28. The summed E-state index contributed by atoms with van der Waals surface area (Å²) in [6.45, 7) is 4.10. The number of hydrogen-bond acceptors (Lipinski definition) is 3. The third-order valence-corrected chi connectivity index (χ3v) is 2.70. The largest absolute Gasteiger partial charge is 0.339 e. The van der Waals surface area contributed by atoms with Crippen molar-refractivity contribution in [3.8, 4) is 0 Å². The molecule has 1 aliphatic rings. The van der Waals surface area contributed by atoms with Gasteiger partial charge in [0.25, 0.3) is 0 Å². The Morgan fingerprint density at radius 2 is 2.33 bits per heavy atom. The summed E-state index contributed by atoms with van der Waals surface area (Å²) in [5, 5.41) is 15.3. The summed E-state index contributed by atoms with van der Waals surface area (Å²) in [6, 6.07) is 0.247. The highest BCUT2D eigenvalue weighted by Gasteiger charge is 2.20. The summed E-state index contributed by atoms with van der Waals surface area (Å²) >= 11 is 3.37. The second-order valence-electron chi connectivity index (χ2n) is 3.57. The summed E-state index contributed by atoms with van der Waals surface area (Å²) in [5.74, 6) is 0.836. The van der Waals surface area contributed by atoms with E-state index in [1.807, 2.05) is 18.5 Å². The topological polar surface area (TPSA) is 53.7 Å². The first-order valence-corrected chi connectivity index (χ1v) is 5.45. The first kappa shape index (κ1) is 10.2. The van der Waals surface area contributed by atoms with E-state index in [0.717, 1.165) is 11.4 Å². The van der Waals surface area contributed by atoms with Gasteiger partial charge in [0.15, 0.2) is 0 Å². The lowest BCUT2D eigenvalue weighted by Gasteiger charge is -2.10. The minimum atomic E-state index is 0.247. The highest BCUT2D eigenvalue weighted by molar-refractivity contribution is 9.10. The van der Waals surface area contributed by atoms with Crippen molar-refractivity contribution in [2.24, 2.45) is 0 Å². The normalized spacial score (nSPS) is 14.0. The Kier molecular flexibility index (Phi) is 2.50. The van der Waals surface area contributed by atoms with E-state index < -0.39 is 0 Å². The fourth-order valence-electron chi connectivity index (χ4n) is 1.46. The van der Waals surface area contributed by atoms with E-state index in [0.29, 0.717) is 10.3 Å². The van der Waals surface area contributed by atoms with Gasteiger partial charge < -0.3 is 5.32 Å². The summed E-state index contributed by atoms with van der Waals surface area (Å²) < 4.78 is 2.54. The second kappa shape index (κ2) is 3.68. The zero-order valence-electron chi connectivity index (χ0n) is 8.50. The lowest BCUT2D eigenvalue weighted by Crippen LogP contribution is -2.07. The number of rotatable bonds is 1. The Bertz CT molecular complexity index is 478. The van der Waals surface area contributed by atoms with Crippen molar-refractivity contribution in [3.63, 3.8) is 0 Å². The fraction of sp³-hybridized carbons (Fsp3) is 0.300. The molecular weight excluding hydrogens is 256 g/mol. The zero-order valence-corrected chi connectivity index (χ0v) is 10.1. The SMILES string of the molecule is CC(C)n1nc(Br)c2c1NC=C=CC2=N. The zero-order chi connectivity index (χ0) is 11.0. The van der Waals surface area contributed by atoms with Gasteiger partial charge in [-0.1, -0.05) is 0 Å². The Morgan fingerprint density at radius 3 is 3.00 bits per heavy atom. The van der Waals surface area contributed by atoms with Crippen LogP contribution in [0.15, 0.2) is 22.6 Å². The van der Waals surface area contributed by atoms with Crippen LogP contribution in [0, 0.1) is 5.41 Å². The number of halogens is 1. The molecule has 4 nitrogen and oxygen atoms in total. The molecule has 0 unspecified atom stereocenters. The molecule has 0 saturated heterocycles. The fourth-order valence-corrected chi connectivity index (χ4v) is 2.04. The maximum absolute atomic E-state index is 7.84. The third kappa shape index (κ3) is 1.64. The number of hydrogen-bond donors (Lipinski definition) is 2. The van der Waals surface area contributed by atoms with Crippen LogP contribution >= 0.6 is 15.9 Å². The van der Waals surface area contributed by atoms with E-state index in [-0.39, 0.29) is 6.04 Å². The van der Waals surface area contributed by atoms with E-state index in [1.54, 1.807) is 12.3 Å². The lowest BCUT2D eigenvalue weighted by molar-refractivity contribution is 0.537. The second-order valence-corrected chi connectivity index (χ2v) is 4.32. The van der Waals surface area contributed by atoms with Crippen molar-refractivity contribution in [3.05, 3.63) is 28.2 Å². The number of nitrogens with zero attached hydrogens (tertiary/aromatic N) is 2. The van der Waals surface area contributed by atoms with Gasteiger partial charge in [-0.2, -0.15) is 5.10 Å². The van der Waals surface area contributed by atoms with E-state index in [1.165, 1.54) is 0 Å². The van der Waals surface area contributed by atoms with Crippen LogP contribution in [0.1, 0.15) is 25.5 Å². The van der Waals surface area contributed by atoms with Crippen LogP contribution in [-0.4, -0.2) is 15.5 Å². The van der Waals surface area contributed by atoms with Crippen LogP contribution < -0.4 is 5.32 Å². The minimum Gasteiger partial charge on any atom is -0.339 e. The van der Waals surface area contributed by atoms with Crippen molar-refractivity contribution >= 4 is 27.5 Å². The first-order chi connectivity index (χ1) is 7.11. The molecule has 0 aliphatic carbocycles. The van der Waals surface area contributed by atoms with Crippen molar-refractivity contribution in [2.45, 2.75) is 19.9 Å². The highest BCUT2D eigenvalue weighted by atomic mass is 79.9. The van der Waals surface area contributed by atoms with Crippen LogP contribution in [0.25, 0.3) is 0 Å². The number of aromatic nitrogens is 2. The first-order valence-electron chi connectivity index (χ1n) is 4.65. The van der Waals surface area contributed by atoms with Crippen LogP contribution in [0.4, 0.5) is 5.82 Å². The van der Waals surface area contributed by atoms with E-state index >= 15 is 0 Å². The summed E-state index contributed by atoms with van der Waals surface area (Å²) in [6.07, 6.45) is 3.31. The predicted octanol–water partition coefficient (Wildman–Crippen LogP) is 2.69. The lowest BCUT2D eigenvalue weighted by atomic mass is 10.2. The van der Waals surface area contributed by atoms with Gasteiger partial charge in [0, 0.05) is 18.3 Å². The van der Waals surface area contributed by atoms with Crippen molar-refractivity contribution in [1.82, 2.24) is 9.78 Å². The van der Waals surface area contributed by atoms with Gasteiger partial charge in [0.2, 0.25) is 0 Å². The molecule has 5 heteroatoms. The maximum Gasteiger partial charge on any atom is 0.139 e. The third-order valence-electron chi connectivity index (χ3n) is 2.15. The number of nitrogens with one attached hydrogen (secondary N) is 2. The molecule has 2 N–H and O–H groups in total. The summed E-state index contributed by atoms with van der Waals surface area (Å²) in [4.78, 5) is 0. The van der Waals surface area contributed by atoms with Gasteiger partial charge in [-0.3, -0.25) is 5.41 Å². The number of anilines is 1. The average molecular weight is 267 g/mol. The van der Waals surface area contributed by atoms with Crippen LogP contribution in [0.2, 0.25) is 0 Å². The Hall–Kier alpha value is -1.32. The molecule has 78 valence electrons. The quantitative estimate of drug-likeness (QED) is 0.768. The van der Waals surface area contributed by atoms with Crippen molar-refractivity contribution < 1.29 is 0 Å². The molecule has 0 bridgehead atoms. The molecule has 0 atom stereocenters. The molecule has 0 amide bonds. The molecule has 0 saturated carbocycles. The Labute approximate surface area is 96.3 Å². The van der Waals surface area contributed by atoms with E-state index in [4.69, 9.17) is 5.41 Å². The van der Waals surface area contributed by atoms with Gasteiger partial charge in [0.1, 0.15) is 10.4 Å². The van der Waals surface area contributed by atoms with E-state index in [9.17, 15) is 0 Å². The Morgan fingerprint density at radius 1 is 1.60 bits per heavy atom. The van der Waals surface area contributed by atoms with E-state index in [2.05, 4.69) is 32.1 Å². The van der Waals surface area contributed by atoms with Gasteiger partial charge >= 0.3 is 0 Å². The number of allylic oxidation sites excluding steroid dienone is 1. The van der Waals surface area contributed by atoms with Crippen molar-refractivity contribution in [2.75, 3.05) is 5.32 Å². The molecule has 1 aromatic rings. The smallest absolute Gasteiger partial charge is 0.139 e. The molecule has 0 spiro atoms. The summed E-state index contributed by atoms with van der Waals surface area (Å²) in [7, 11) is 0. The molecule has 0 fully saturated rings. The molecule has 2 heterocycles. The number of fused-ring (bicyclic) bond motifs is 1. The molecule has 1 aromatic heterocycles. The van der Waals surface area contributed by atoms with Crippen molar-refractivity contribution in [1.29, 1.82) is 5.41 Å². The van der Waals surface area contributed by atoms with Crippen LogP contribution in [-0.2, 0) is 0 Å². The Balaban J connectivity index is 2.64. The molecule has 15 heavy (non-hydrogen) atoms. The molecule has 0 radical (unpaired) electrons. The molecule has 1 aliphatic heterocycles. The average Bonchev–Trinajstić information content (AvgIpc) is 2.37. The molecule has 2 rings (SSSR count). The predicted molar refractivity (Wildman–Crippen MR) is 63.4 cm³/mol. The summed E-state index contributed by atoms with van der Waals surface area (Å²) in [5.41, 5.74) is 4.07. The van der Waals surface area contributed by atoms with Gasteiger partial charge in [-0.05, 0) is 29.8 Å². The van der Waals surface area contributed by atoms with Gasteiger partial charge in [0.05, 0.1) is 11.3 Å². The minimum absolute atomic E-state index is 0.247. The molecular formula is C10H11BrN4. The monoisotopic (exact) mass is 266 g/mol. The van der Waals surface area contributed by atoms with Crippen LogP contribution in [0.5, 0.6) is 0 Å². The van der Waals surface area contributed by atoms with Gasteiger partial charge in [-0.25, -0.2) is 4.68 Å².